The Bertz CT molecular complexity index is 349. The van der Waals surface area contributed by atoms with E-state index < -0.39 is 28.0 Å². The standard InChI is InChI=1S/C13H20O3/c1-8(2)7-13(16)9(14)11(3,4)12(5,6)10(13)15/h16H,1,7H2,2-6H3. The highest BCUT2D eigenvalue weighted by atomic mass is 16.3. The number of rotatable bonds is 2. The Balaban J connectivity index is 3.32. The van der Waals surface area contributed by atoms with Crippen molar-refractivity contribution >= 4 is 11.6 Å². The van der Waals surface area contributed by atoms with Gasteiger partial charge in [0.15, 0.2) is 17.2 Å². The highest BCUT2D eigenvalue weighted by molar-refractivity contribution is 6.21. The van der Waals surface area contributed by atoms with Crippen LogP contribution >= 0.6 is 0 Å². The Kier molecular flexibility index (Phi) is 2.67. The third-order valence-electron chi connectivity index (χ3n) is 4.01. The second-order valence-corrected chi connectivity index (χ2v) is 5.90. The maximum Gasteiger partial charge on any atom is 0.185 e. The van der Waals surface area contributed by atoms with Gasteiger partial charge in [-0.1, -0.05) is 33.3 Å². The van der Waals surface area contributed by atoms with Crippen LogP contribution in [0.3, 0.4) is 0 Å². The van der Waals surface area contributed by atoms with E-state index in [1.54, 1.807) is 34.6 Å². The van der Waals surface area contributed by atoms with Gasteiger partial charge in [0, 0.05) is 17.3 Å². The Labute approximate surface area is 96.5 Å². The normalized spacial score (nSPS) is 25.9. The molecule has 1 rings (SSSR count). The molecule has 90 valence electrons. The topological polar surface area (TPSA) is 54.4 Å². The molecule has 1 saturated carbocycles. The van der Waals surface area contributed by atoms with Gasteiger partial charge in [0.1, 0.15) is 0 Å². The molecule has 0 aromatic rings. The maximum absolute atomic E-state index is 12.2. The van der Waals surface area contributed by atoms with Crippen molar-refractivity contribution in [3.8, 4) is 0 Å². The van der Waals surface area contributed by atoms with Gasteiger partial charge in [0.2, 0.25) is 0 Å². The van der Waals surface area contributed by atoms with E-state index in [4.69, 9.17) is 0 Å². The molecule has 0 bridgehead atoms. The fourth-order valence-corrected chi connectivity index (χ4v) is 2.30. The van der Waals surface area contributed by atoms with Crippen LogP contribution < -0.4 is 0 Å². The minimum Gasteiger partial charge on any atom is -0.374 e. The summed E-state index contributed by atoms with van der Waals surface area (Å²) in [5.41, 5.74) is -2.92. The van der Waals surface area contributed by atoms with Crippen molar-refractivity contribution in [2.24, 2.45) is 10.8 Å². The van der Waals surface area contributed by atoms with E-state index in [1.807, 2.05) is 0 Å². The van der Waals surface area contributed by atoms with Crippen molar-refractivity contribution in [1.29, 1.82) is 0 Å². The molecule has 0 spiro atoms. The third kappa shape index (κ3) is 1.38. The fraction of sp³-hybridized carbons (Fsp3) is 0.692. The Morgan fingerprint density at radius 1 is 1.12 bits per heavy atom. The molecule has 0 aromatic carbocycles. The number of hydrogen-bond acceptors (Lipinski definition) is 3. The number of Topliss-reactive ketones (excluding diaryl/α,β-unsaturated/α-hetero) is 2. The van der Waals surface area contributed by atoms with E-state index in [9.17, 15) is 14.7 Å². The second kappa shape index (κ2) is 3.27. The van der Waals surface area contributed by atoms with Crippen molar-refractivity contribution in [1.82, 2.24) is 0 Å². The van der Waals surface area contributed by atoms with Crippen LogP contribution in [0.25, 0.3) is 0 Å². The first-order valence-corrected chi connectivity index (χ1v) is 5.44. The Morgan fingerprint density at radius 2 is 1.44 bits per heavy atom. The molecule has 1 aliphatic carbocycles. The first-order chi connectivity index (χ1) is 6.98. The number of carbonyl (C=O) groups is 2. The van der Waals surface area contributed by atoms with E-state index in [-0.39, 0.29) is 6.42 Å². The van der Waals surface area contributed by atoms with Gasteiger partial charge in [-0.25, -0.2) is 0 Å². The average Bonchev–Trinajstić information content (AvgIpc) is 2.19. The molecular formula is C13H20O3. The molecule has 1 aliphatic rings. The monoisotopic (exact) mass is 224 g/mol. The molecule has 0 unspecified atom stereocenters. The van der Waals surface area contributed by atoms with Crippen molar-refractivity contribution in [2.45, 2.75) is 46.6 Å². The van der Waals surface area contributed by atoms with Crippen LogP contribution in [0.4, 0.5) is 0 Å². The number of carbonyl (C=O) groups excluding carboxylic acids is 2. The molecule has 3 nitrogen and oxygen atoms in total. The lowest BCUT2D eigenvalue weighted by Crippen LogP contribution is -2.43. The molecule has 1 fully saturated rings. The first-order valence-electron chi connectivity index (χ1n) is 5.44. The summed E-state index contributed by atoms with van der Waals surface area (Å²) in [4.78, 5) is 24.4. The number of aliphatic hydroxyl groups is 1. The van der Waals surface area contributed by atoms with Gasteiger partial charge in [-0.2, -0.15) is 0 Å². The summed E-state index contributed by atoms with van der Waals surface area (Å²) in [6.45, 7) is 12.2. The highest BCUT2D eigenvalue weighted by Crippen LogP contribution is 2.52. The first kappa shape index (κ1) is 13.1. The molecule has 0 radical (unpaired) electrons. The zero-order chi connectivity index (χ0) is 12.9. The van der Waals surface area contributed by atoms with Crippen LogP contribution in [-0.2, 0) is 9.59 Å². The Morgan fingerprint density at radius 3 is 1.69 bits per heavy atom. The number of ketones is 2. The van der Waals surface area contributed by atoms with Gasteiger partial charge in [-0.15, -0.1) is 6.58 Å². The lowest BCUT2D eigenvalue weighted by molar-refractivity contribution is -0.147. The zero-order valence-corrected chi connectivity index (χ0v) is 10.7. The molecule has 3 heteroatoms. The van der Waals surface area contributed by atoms with Crippen molar-refractivity contribution in [3.05, 3.63) is 12.2 Å². The zero-order valence-electron chi connectivity index (χ0n) is 10.7. The van der Waals surface area contributed by atoms with Crippen LogP contribution in [0.15, 0.2) is 12.2 Å². The molecule has 0 saturated heterocycles. The van der Waals surface area contributed by atoms with Gasteiger partial charge < -0.3 is 5.11 Å². The van der Waals surface area contributed by atoms with E-state index in [2.05, 4.69) is 6.58 Å². The van der Waals surface area contributed by atoms with E-state index in [1.165, 1.54) is 0 Å². The molecular weight excluding hydrogens is 204 g/mol. The van der Waals surface area contributed by atoms with Crippen LogP contribution in [0.1, 0.15) is 41.0 Å². The van der Waals surface area contributed by atoms with Gasteiger partial charge in [-0.3, -0.25) is 9.59 Å². The SMILES string of the molecule is C=C(C)CC1(O)C(=O)C(C)(C)C(C)(C)C1=O. The van der Waals surface area contributed by atoms with Gasteiger partial charge >= 0.3 is 0 Å². The second-order valence-electron chi connectivity index (χ2n) is 5.90. The van der Waals surface area contributed by atoms with E-state index in [0.717, 1.165) is 0 Å². The quantitative estimate of drug-likeness (QED) is 0.575. The Hall–Kier alpha value is -0.960. The molecule has 16 heavy (non-hydrogen) atoms. The van der Waals surface area contributed by atoms with Crippen LogP contribution in [-0.4, -0.2) is 22.3 Å². The van der Waals surface area contributed by atoms with Gasteiger partial charge in [0.05, 0.1) is 0 Å². The summed E-state index contributed by atoms with van der Waals surface area (Å²) < 4.78 is 0. The fourth-order valence-electron chi connectivity index (χ4n) is 2.30. The minimum absolute atomic E-state index is 0.0253. The lowest BCUT2D eigenvalue weighted by Gasteiger charge is -2.30. The van der Waals surface area contributed by atoms with Crippen molar-refractivity contribution in [2.75, 3.05) is 0 Å². The summed E-state index contributed by atoms with van der Waals surface area (Å²) in [6.07, 6.45) is 0.0253. The van der Waals surface area contributed by atoms with Crippen LogP contribution in [0.5, 0.6) is 0 Å². The van der Waals surface area contributed by atoms with Crippen molar-refractivity contribution < 1.29 is 14.7 Å². The van der Waals surface area contributed by atoms with E-state index in [0.29, 0.717) is 5.57 Å². The number of hydrogen-bond donors (Lipinski definition) is 1. The van der Waals surface area contributed by atoms with Gasteiger partial charge in [-0.05, 0) is 6.92 Å². The summed E-state index contributed by atoms with van der Waals surface area (Å²) in [7, 11) is 0. The summed E-state index contributed by atoms with van der Waals surface area (Å²) >= 11 is 0. The van der Waals surface area contributed by atoms with E-state index >= 15 is 0 Å². The molecule has 0 aliphatic heterocycles. The molecule has 0 atom stereocenters. The average molecular weight is 224 g/mol. The third-order valence-corrected chi connectivity index (χ3v) is 4.01. The predicted molar refractivity (Wildman–Crippen MR) is 62.0 cm³/mol. The summed E-state index contributed by atoms with van der Waals surface area (Å²) in [6, 6.07) is 0. The molecule has 0 amide bonds. The summed E-state index contributed by atoms with van der Waals surface area (Å²) in [5.74, 6) is -0.781. The van der Waals surface area contributed by atoms with Crippen molar-refractivity contribution in [3.63, 3.8) is 0 Å². The lowest BCUT2D eigenvalue weighted by atomic mass is 9.70. The van der Waals surface area contributed by atoms with Crippen LogP contribution in [0, 0.1) is 10.8 Å². The highest BCUT2D eigenvalue weighted by Gasteiger charge is 2.67. The smallest absolute Gasteiger partial charge is 0.185 e. The largest absolute Gasteiger partial charge is 0.374 e. The molecule has 0 heterocycles. The predicted octanol–water partition coefficient (Wildman–Crippen LogP) is 1.89. The minimum atomic E-state index is -1.88. The van der Waals surface area contributed by atoms with Crippen LogP contribution in [0.2, 0.25) is 0 Å². The molecule has 0 aromatic heterocycles. The van der Waals surface area contributed by atoms with Gasteiger partial charge in [0.25, 0.3) is 0 Å². The summed E-state index contributed by atoms with van der Waals surface area (Å²) in [5, 5.41) is 10.3. The maximum atomic E-state index is 12.2. The molecule has 1 N–H and O–H groups in total.